The Balaban J connectivity index is 0.00000289. The molecule has 102 valence electrons. The lowest BCUT2D eigenvalue weighted by atomic mass is 10.3. The number of rotatable bonds is 4. The van der Waals surface area contributed by atoms with Crippen LogP contribution >= 0.6 is 24.2 Å². The molecule has 0 saturated carbocycles. The molecule has 3 N–H and O–H groups in total. The van der Waals surface area contributed by atoms with Crippen LogP contribution in [0.3, 0.4) is 0 Å². The van der Waals surface area contributed by atoms with Gasteiger partial charge in [0.15, 0.2) is 0 Å². The van der Waals surface area contributed by atoms with E-state index in [2.05, 4.69) is 5.32 Å². The summed E-state index contributed by atoms with van der Waals surface area (Å²) in [6.07, 6.45) is 0. The Labute approximate surface area is 113 Å². The van der Waals surface area contributed by atoms with Crippen LogP contribution in [-0.4, -0.2) is 23.2 Å². The van der Waals surface area contributed by atoms with Crippen molar-refractivity contribution >= 4 is 35.8 Å². The van der Waals surface area contributed by atoms with E-state index in [1.54, 1.807) is 30.3 Å². The standard InChI is InChI=1S/C10H11F3N2OS.ClH/c11-10(12,13)17-6-8(14)9(16)15-7-4-2-1-3-5-7;/h1-5,8H,6,14H2,(H,15,16);1H/t8-;/m1./s1. The molecule has 0 saturated heterocycles. The lowest BCUT2D eigenvalue weighted by Crippen LogP contribution is -2.38. The summed E-state index contributed by atoms with van der Waals surface area (Å²) in [5, 5.41) is 2.43. The number of carbonyl (C=O) groups is 1. The second-order valence-corrected chi connectivity index (χ2v) is 4.30. The lowest BCUT2D eigenvalue weighted by molar-refractivity contribution is -0.116. The van der Waals surface area contributed by atoms with E-state index in [-0.39, 0.29) is 24.2 Å². The molecule has 0 aliphatic carbocycles. The average molecular weight is 301 g/mol. The summed E-state index contributed by atoms with van der Waals surface area (Å²) in [5.41, 5.74) is 1.47. The van der Waals surface area contributed by atoms with Crippen LogP contribution in [0.5, 0.6) is 0 Å². The molecule has 1 atom stereocenters. The highest BCUT2D eigenvalue weighted by Crippen LogP contribution is 2.30. The Hall–Kier alpha value is -0.920. The molecule has 18 heavy (non-hydrogen) atoms. The van der Waals surface area contributed by atoms with E-state index < -0.39 is 23.2 Å². The fourth-order valence-electron chi connectivity index (χ4n) is 1.02. The quantitative estimate of drug-likeness (QED) is 0.899. The fourth-order valence-corrected chi connectivity index (χ4v) is 1.54. The van der Waals surface area contributed by atoms with Crippen molar-refractivity contribution in [2.45, 2.75) is 11.6 Å². The maximum Gasteiger partial charge on any atom is 0.441 e. The summed E-state index contributed by atoms with van der Waals surface area (Å²) in [4.78, 5) is 11.4. The Kier molecular flexibility index (Phi) is 7.12. The average Bonchev–Trinajstić information content (AvgIpc) is 2.26. The Bertz CT molecular complexity index is 375. The molecule has 0 bridgehead atoms. The van der Waals surface area contributed by atoms with E-state index in [0.717, 1.165) is 0 Å². The first-order valence-electron chi connectivity index (χ1n) is 4.70. The molecule has 0 heterocycles. The van der Waals surface area contributed by atoms with Crippen molar-refractivity contribution < 1.29 is 18.0 Å². The van der Waals surface area contributed by atoms with Gasteiger partial charge in [-0.25, -0.2) is 0 Å². The number of nitrogens with two attached hydrogens (primary N) is 1. The number of amides is 1. The summed E-state index contributed by atoms with van der Waals surface area (Å²) in [7, 11) is 0. The predicted octanol–water partition coefficient (Wildman–Crippen LogP) is 2.63. The molecule has 1 aromatic carbocycles. The summed E-state index contributed by atoms with van der Waals surface area (Å²) in [6.45, 7) is 0. The van der Waals surface area contributed by atoms with Gasteiger partial charge in [-0.05, 0) is 23.9 Å². The van der Waals surface area contributed by atoms with E-state index >= 15 is 0 Å². The van der Waals surface area contributed by atoms with Crippen LogP contribution in [0.2, 0.25) is 0 Å². The predicted molar refractivity (Wildman–Crippen MR) is 68.8 cm³/mol. The van der Waals surface area contributed by atoms with Crippen molar-refractivity contribution in [3.05, 3.63) is 30.3 Å². The lowest BCUT2D eigenvalue weighted by Gasteiger charge is -2.12. The van der Waals surface area contributed by atoms with E-state index in [1.807, 2.05) is 0 Å². The third-order valence-corrected chi connectivity index (χ3v) is 2.66. The molecule has 1 rings (SSSR count). The van der Waals surface area contributed by atoms with Crippen molar-refractivity contribution in [2.75, 3.05) is 11.1 Å². The molecule has 0 radical (unpaired) electrons. The number of halogens is 4. The molecule has 0 aliphatic heterocycles. The Morgan fingerprint density at radius 2 is 1.89 bits per heavy atom. The SMILES string of the molecule is Cl.N[C@H](CSC(F)(F)F)C(=O)Nc1ccccc1. The number of nitrogens with one attached hydrogen (secondary N) is 1. The van der Waals surface area contributed by atoms with Crippen LogP contribution in [0.4, 0.5) is 18.9 Å². The molecule has 1 amide bonds. The zero-order valence-electron chi connectivity index (χ0n) is 9.11. The van der Waals surface area contributed by atoms with Gasteiger partial charge in [0.2, 0.25) is 5.91 Å². The summed E-state index contributed by atoms with van der Waals surface area (Å²) >= 11 is -0.305. The highest BCUT2D eigenvalue weighted by Gasteiger charge is 2.30. The number of hydrogen-bond acceptors (Lipinski definition) is 3. The Morgan fingerprint density at radius 1 is 1.33 bits per heavy atom. The minimum Gasteiger partial charge on any atom is -0.325 e. The molecule has 3 nitrogen and oxygen atoms in total. The maximum atomic E-state index is 11.9. The van der Waals surface area contributed by atoms with Crippen LogP contribution in [0, 0.1) is 0 Å². The van der Waals surface area contributed by atoms with E-state index in [1.165, 1.54) is 0 Å². The smallest absolute Gasteiger partial charge is 0.325 e. The third-order valence-electron chi connectivity index (χ3n) is 1.80. The Morgan fingerprint density at radius 3 is 2.39 bits per heavy atom. The van der Waals surface area contributed by atoms with E-state index in [9.17, 15) is 18.0 Å². The molecule has 0 fully saturated rings. The number of thioether (sulfide) groups is 1. The molecule has 8 heteroatoms. The van der Waals surface area contributed by atoms with Gasteiger partial charge in [-0.3, -0.25) is 4.79 Å². The number of para-hydroxylation sites is 1. The number of alkyl halides is 3. The topological polar surface area (TPSA) is 55.1 Å². The van der Waals surface area contributed by atoms with Crippen molar-refractivity contribution in [3.63, 3.8) is 0 Å². The molecular weight excluding hydrogens is 289 g/mol. The second-order valence-electron chi connectivity index (χ2n) is 3.22. The number of benzene rings is 1. The first-order chi connectivity index (χ1) is 7.88. The highest BCUT2D eigenvalue weighted by atomic mass is 35.5. The van der Waals surface area contributed by atoms with Gasteiger partial charge in [0, 0.05) is 11.4 Å². The minimum atomic E-state index is -4.37. The summed E-state index contributed by atoms with van der Waals surface area (Å²) < 4.78 is 35.6. The molecule has 0 aliphatic rings. The normalized spacial score (nSPS) is 12.4. The second kappa shape index (κ2) is 7.50. The van der Waals surface area contributed by atoms with E-state index in [0.29, 0.717) is 5.69 Å². The van der Waals surface area contributed by atoms with Gasteiger partial charge >= 0.3 is 5.51 Å². The van der Waals surface area contributed by atoms with Crippen LogP contribution in [0.1, 0.15) is 0 Å². The van der Waals surface area contributed by atoms with Crippen LogP contribution in [0.15, 0.2) is 30.3 Å². The van der Waals surface area contributed by atoms with Gasteiger partial charge in [0.1, 0.15) is 0 Å². The molecule has 0 aromatic heterocycles. The fraction of sp³-hybridized carbons (Fsp3) is 0.300. The van der Waals surface area contributed by atoms with Gasteiger partial charge in [-0.15, -0.1) is 12.4 Å². The van der Waals surface area contributed by atoms with Crippen molar-refractivity contribution in [2.24, 2.45) is 5.73 Å². The summed E-state index contributed by atoms with van der Waals surface area (Å²) in [5.74, 6) is -1.13. The number of carbonyl (C=O) groups excluding carboxylic acids is 1. The zero-order valence-corrected chi connectivity index (χ0v) is 10.7. The van der Waals surface area contributed by atoms with Crippen LogP contribution < -0.4 is 11.1 Å². The van der Waals surface area contributed by atoms with Crippen LogP contribution in [-0.2, 0) is 4.79 Å². The molecular formula is C10H12ClF3N2OS. The van der Waals surface area contributed by atoms with Gasteiger partial charge in [-0.1, -0.05) is 18.2 Å². The molecule has 0 unspecified atom stereocenters. The third kappa shape index (κ3) is 6.73. The maximum absolute atomic E-state index is 11.9. The first-order valence-corrected chi connectivity index (χ1v) is 5.69. The van der Waals surface area contributed by atoms with Crippen molar-refractivity contribution in [3.8, 4) is 0 Å². The monoisotopic (exact) mass is 300 g/mol. The van der Waals surface area contributed by atoms with Gasteiger partial charge in [-0.2, -0.15) is 13.2 Å². The first kappa shape index (κ1) is 17.1. The molecule has 0 spiro atoms. The van der Waals surface area contributed by atoms with Crippen molar-refractivity contribution in [1.82, 2.24) is 0 Å². The van der Waals surface area contributed by atoms with Gasteiger partial charge < -0.3 is 11.1 Å². The number of hydrogen-bond donors (Lipinski definition) is 2. The van der Waals surface area contributed by atoms with Gasteiger partial charge in [0.25, 0.3) is 0 Å². The largest absolute Gasteiger partial charge is 0.441 e. The molecule has 1 aromatic rings. The van der Waals surface area contributed by atoms with Crippen molar-refractivity contribution in [1.29, 1.82) is 0 Å². The highest BCUT2D eigenvalue weighted by molar-refractivity contribution is 8.00. The van der Waals surface area contributed by atoms with E-state index in [4.69, 9.17) is 5.73 Å². The number of anilines is 1. The van der Waals surface area contributed by atoms with Crippen LogP contribution in [0.25, 0.3) is 0 Å². The van der Waals surface area contributed by atoms with Gasteiger partial charge in [0.05, 0.1) is 6.04 Å². The summed E-state index contributed by atoms with van der Waals surface area (Å²) in [6, 6.07) is 7.22. The zero-order chi connectivity index (χ0) is 12.9. The minimum absolute atomic E-state index is 0.